The van der Waals surface area contributed by atoms with Gasteiger partial charge in [-0.1, -0.05) is 19.1 Å². The molecule has 0 aliphatic rings. The molecule has 1 heterocycles. The van der Waals surface area contributed by atoms with Gasteiger partial charge in [-0.05, 0) is 35.7 Å². The zero-order valence-corrected chi connectivity index (χ0v) is 10.8. The van der Waals surface area contributed by atoms with Gasteiger partial charge in [0.2, 0.25) is 0 Å². The molecule has 98 valence electrons. The first kappa shape index (κ1) is 13.1. The number of pyridine rings is 1. The number of rotatable bonds is 4. The van der Waals surface area contributed by atoms with Gasteiger partial charge in [0.25, 0.3) is 0 Å². The number of nitrogens with two attached hydrogens (primary N) is 2. The summed E-state index contributed by atoms with van der Waals surface area (Å²) in [5, 5.41) is 0. The van der Waals surface area contributed by atoms with Crippen molar-refractivity contribution in [3.63, 3.8) is 0 Å². The summed E-state index contributed by atoms with van der Waals surface area (Å²) in [6.45, 7) is 2.01. The molecule has 0 aliphatic heterocycles. The van der Waals surface area contributed by atoms with Gasteiger partial charge in [0.1, 0.15) is 5.82 Å². The summed E-state index contributed by atoms with van der Waals surface area (Å²) in [4.78, 5) is 16.1. The summed E-state index contributed by atoms with van der Waals surface area (Å²) in [7, 11) is 0. The molecule has 4 nitrogen and oxygen atoms in total. The van der Waals surface area contributed by atoms with E-state index in [1.165, 1.54) is 0 Å². The number of nitrogens with zero attached hydrogens (tertiary/aromatic N) is 1. The average molecular weight is 255 g/mol. The Morgan fingerprint density at radius 2 is 1.89 bits per heavy atom. The highest BCUT2D eigenvalue weighted by Gasteiger charge is 2.15. The molecule has 0 saturated carbocycles. The number of carbonyl (C=O) groups is 1. The van der Waals surface area contributed by atoms with Gasteiger partial charge in [0, 0.05) is 18.3 Å². The van der Waals surface area contributed by atoms with Crippen molar-refractivity contribution >= 4 is 17.3 Å². The van der Waals surface area contributed by atoms with E-state index in [9.17, 15) is 4.79 Å². The van der Waals surface area contributed by atoms with Crippen LogP contribution in [0.5, 0.6) is 0 Å². The highest BCUT2D eigenvalue weighted by Crippen LogP contribution is 2.23. The number of hydrogen-bond donors (Lipinski definition) is 2. The Bertz CT molecular complexity index is 578. The smallest absolute Gasteiger partial charge is 0.167 e. The molecule has 0 aliphatic carbocycles. The molecule has 19 heavy (non-hydrogen) atoms. The van der Waals surface area contributed by atoms with Crippen LogP contribution in [0.1, 0.15) is 35.2 Å². The molecule has 0 radical (unpaired) electrons. The molecule has 1 unspecified atom stereocenters. The number of aromatic nitrogens is 1. The minimum Gasteiger partial charge on any atom is -0.399 e. The van der Waals surface area contributed by atoms with E-state index in [0.29, 0.717) is 12.0 Å². The monoisotopic (exact) mass is 255 g/mol. The van der Waals surface area contributed by atoms with Crippen molar-refractivity contribution < 1.29 is 4.79 Å². The molecule has 2 rings (SSSR count). The first-order valence-corrected chi connectivity index (χ1v) is 6.17. The Labute approximate surface area is 112 Å². The zero-order valence-electron chi connectivity index (χ0n) is 10.8. The third-order valence-corrected chi connectivity index (χ3v) is 3.14. The van der Waals surface area contributed by atoms with Gasteiger partial charge >= 0.3 is 0 Å². The van der Waals surface area contributed by atoms with E-state index in [0.717, 1.165) is 11.3 Å². The molecule has 2 aromatic rings. The summed E-state index contributed by atoms with van der Waals surface area (Å²) in [6, 6.07) is 11.0. The van der Waals surface area contributed by atoms with Crippen LogP contribution >= 0.6 is 0 Å². The predicted molar refractivity (Wildman–Crippen MR) is 76.9 cm³/mol. The van der Waals surface area contributed by atoms with Crippen LogP contribution in [0.4, 0.5) is 11.5 Å². The molecule has 1 atom stereocenters. The molecule has 4 N–H and O–H groups in total. The summed E-state index contributed by atoms with van der Waals surface area (Å²) in [5.74, 6) is 0.416. The van der Waals surface area contributed by atoms with Crippen molar-refractivity contribution in [2.45, 2.75) is 19.3 Å². The SMILES string of the molecule is CC(CC(=O)c1cccnc1N)c1ccc(N)cc1. The summed E-state index contributed by atoms with van der Waals surface area (Å²) in [5.41, 5.74) is 13.7. The molecule has 0 bridgehead atoms. The number of nitrogen functional groups attached to an aromatic ring is 2. The largest absolute Gasteiger partial charge is 0.399 e. The van der Waals surface area contributed by atoms with E-state index in [2.05, 4.69) is 4.98 Å². The summed E-state index contributed by atoms with van der Waals surface area (Å²) < 4.78 is 0. The molecule has 4 heteroatoms. The first-order valence-electron chi connectivity index (χ1n) is 6.17. The van der Waals surface area contributed by atoms with E-state index in [1.807, 2.05) is 31.2 Å². The van der Waals surface area contributed by atoms with Crippen molar-refractivity contribution in [3.8, 4) is 0 Å². The second-order valence-corrected chi connectivity index (χ2v) is 4.63. The van der Waals surface area contributed by atoms with Crippen LogP contribution in [0.15, 0.2) is 42.6 Å². The maximum atomic E-state index is 12.2. The fraction of sp³-hybridized carbons (Fsp3) is 0.200. The maximum Gasteiger partial charge on any atom is 0.167 e. The fourth-order valence-electron chi connectivity index (χ4n) is 1.98. The van der Waals surface area contributed by atoms with E-state index >= 15 is 0 Å². The summed E-state index contributed by atoms with van der Waals surface area (Å²) in [6.07, 6.45) is 1.98. The van der Waals surface area contributed by atoms with Crippen LogP contribution in [0, 0.1) is 0 Å². The lowest BCUT2D eigenvalue weighted by molar-refractivity contribution is 0.0976. The predicted octanol–water partition coefficient (Wildman–Crippen LogP) is 2.62. The normalized spacial score (nSPS) is 12.1. The molecule has 1 aromatic carbocycles. The number of ketones is 1. The van der Waals surface area contributed by atoms with E-state index in [4.69, 9.17) is 11.5 Å². The number of carbonyl (C=O) groups excluding carboxylic acids is 1. The fourth-order valence-corrected chi connectivity index (χ4v) is 1.98. The lowest BCUT2D eigenvalue weighted by Crippen LogP contribution is -2.08. The second kappa shape index (κ2) is 5.52. The standard InChI is InChI=1S/C15H17N3O/c1-10(11-4-6-12(16)7-5-11)9-14(19)13-3-2-8-18-15(13)17/h2-8,10H,9,16H2,1H3,(H2,17,18). The quantitative estimate of drug-likeness (QED) is 0.650. The number of benzene rings is 1. The zero-order chi connectivity index (χ0) is 13.8. The van der Waals surface area contributed by atoms with Gasteiger partial charge in [0.05, 0.1) is 5.56 Å². The molecule has 0 spiro atoms. The van der Waals surface area contributed by atoms with Gasteiger partial charge in [-0.3, -0.25) is 4.79 Å². The third-order valence-electron chi connectivity index (χ3n) is 3.14. The number of hydrogen-bond acceptors (Lipinski definition) is 4. The number of anilines is 2. The topological polar surface area (TPSA) is 82.0 Å². The van der Waals surface area contributed by atoms with Crippen LogP contribution < -0.4 is 11.5 Å². The minimum atomic E-state index is 0.00919. The van der Waals surface area contributed by atoms with Crippen molar-refractivity contribution in [2.24, 2.45) is 0 Å². The molecule has 0 saturated heterocycles. The lowest BCUT2D eigenvalue weighted by atomic mass is 9.93. The van der Waals surface area contributed by atoms with E-state index in [1.54, 1.807) is 18.3 Å². The second-order valence-electron chi connectivity index (χ2n) is 4.63. The van der Waals surface area contributed by atoms with Crippen LogP contribution in [0.25, 0.3) is 0 Å². The number of Topliss-reactive ketones (excluding diaryl/α,β-unsaturated/α-hetero) is 1. The molecule has 0 amide bonds. The van der Waals surface area contributed by atoms with Gasteiger partial charge in [0.15, 0.2) is 5.78 Å². The van der Waals surface area contributed by atoms with Crippen molar-refractivity contribution in [1.82, 2.24) is 4.98 Å². The Morgan fingerprint density at radius 3 is 2.53 bits per heavy atom. The molecule has 1 aromatic heterocycles. The van der Waals surface area contributed by atoms with E-state index in [-0.39, 0.29) is 17.5 Å². The Morgan fingerprint density at radius 1 is 1.21 bits per heavy atom. The molecule has 0 fully saturated rings. The lowest BCUT2D eigenvalue weighted by Gasteiger charge is -2.12. The Balaban J connectivity index is 2.11. The van der Waals surface area contributed by atoms with Gasteiger partial charge in [-0.2, -0.15) is 0 Å². The van der Waals surface area contributed by atoms with Crippen molar-refractivity contribution in [1.29, 1.82) is 0 Å². The maximum absolute atomic E-state index is 12.2. The van der Waals surface area contributed by atoms with Crippen LogP contribution in [-0.2, 0) is 0 Å². The highest BCUT2D eigenvalue weighted by molar-refractivity contribution is 6.00. The summed E-state index contributed by atoms with van der Waals surface area (Å²) >= 11 is 0. The van der Waals surface area contributed by atoms with Gasteiger partial charge in [-0.25, -0.2) is 4.98 Å². The van der Waals surface area contributed by atoms with Crippen LogP contribution in [0.2, 0.25) is 0 Å². The molecular weight excluding hydrogens is 238 g/mol. The van der Waals surface area contributed by atoms with Crippen molar-refractivity contribution in [3.05, 3.63) is 53.7 Å². The van der Waals surface area contributed by atoms with Crippen LogP contribution in [0.3, 0.4) is 0 Å². The van der Waals surface area contributed by atoms with Gasteiger partial charge < -0.3 is 11.5 Å². The average Bonchev–Trinajstić information content (AvgIpc) is 2.39. The minimum absolute atomic E-state index is 0.00919. The van der Waals surface area contributed by atoms with Gasteiger partial charge in [-0.15, -0.1) is 0 Å². The first-order chi connectivity index (χ1) is 9.08. The Hall–Kier alpha value is -2.36. The molecular formula is C15H17N3O. The third kappa shape index (κ3) is 3.10. The van der Waals surface area contributed by atoms with Crippen molar-refractivity contribution in [2.75, 3.05) is 11.5 Å². The van der Waals surface area contributed by atoms with E-state index < -0.39 is 0 Å². The Kier molecular flexibility index (Phi) is 3.80. The van der Waals surface area contributed by atoms with Crippen LogP contribution in [-0.4, -0.2) is 10.8 Å². The highest BCUT2D eigenvalue weighted by atomic mass is 16.1.